The second-order valence-electron chi connectivity index (χ2n) is 5.00. The van der Waals surface area contributed by atoms with Crippen molar-refractivity contribution in [2.75, 3.05) is 12.4 Å². The monoisotopic (exact) mass is 412 g/mol. The van der Waals surface area contributed by atoms with Crippen molar-refractivity contribution in [2.45, 2.75) is 27.3 Å². The van der Waals surface area contributed by atoms with Crippen molar-refractivity contribution < 1.29 is 4.74 Å². The van der Waals surface area contributed by atoms with Gasteiger partial charge in [0.25, 0.3) is 0 Å². The van der Waals surface area contributed by atoms with Gasteiger partial charge in [0.15, 0.2) is 0 Å². The van der Waals surface area contributed by atoms with Crippen molar-refractivity contribution in [2.24, 2.45) is 0 Å². The molecular weight excluding hydrogens is 396 g/mol. The van der Waals surface area contributed by atoms with Crippen LogP contribution < -0.4 is 10.1 Å². The highest BCUT2D eigenvalue weighted by Crippen LogP contribution is 2.33. The lowest BCUT2D eigenvalue weighted by molar-refractivity contribution is 0.407. The maximum absolute atomic E-state index is 5.45. The molecule has 0 bridgehead atoms. The van der Waals surface area contributed by atoms with Gasteiger partial charge >= 0.3 is 0 Å². The number of hydrogen-bond acceptors (Lipinski definition) is 3. The molecule has 1 aromatic heterocycles. The van der Waals surface area contributed by atoms with Crippen LogP contribution in [0.1, 0.15) is 22.4 Å². The van der Waals surface area contributed by atoms with Crippen molar-refractivity contribution in [3.8, 4) is 5.75 Å². The summed E-state index contributed by atoms with van der Waals surface area (Å²) < 4.78 is 7.51. The Hall–Kier alpha value is -1.07. The highest BCUT2D eigenvalue weighted by atomic mass is 79.9. The summed E-state index contributed by atoms with van der Waals surface area (Å²) in [5.41, 5.74) is 5.34. The Morgan fingerprint density at radius 3 is 2.33 bits per heavy atom. The SMILES string of the molecule is COc1c(C)cnc(CNc2c(Br)cc(C)cc2Br)c1C. The number of methoxy groups -OCH3 is 1. The molecule has 21 heavy (non-hydrogen) atoms. The van der Waals surface area contributed by atoms with Crippen LogP contribution in [-0.2, 0) is 6.54 Å². The summed E-state index contributed by atoms with van der Waals surface area (Å²) in [4.78, 5) is 4.51. The minimum absolute atomic E-state index is 0.642. The van der Waals surface area contributed by atoms with Crippen LogP contribution in [-0.4, -0.2) is 12.1 Å². The number of halogens is 2. The van der Waals surface area contributed by atoms with Gasteiger partial charge in [-0.05, 0) is 70.3 Å². The molecule has 1 aromatic carbocycles. The van der Waals surface area contributed by atoms with Crippen molar-refractivity contribution >= 4 is 37.5 Å². The first-order valence-corrected chi connectivity index (χ1v) is 8.21. The standard InChI is InChI=1S/C16H18Br2N2O/c1-9-5-12(17)15(13(18)6-9)20-8-14-11(3)16(21-4)10(2)7-19-14/h5-7,20H,8H2,1-4H3. The number of ether oxygens (including phenoxy) is 1. The highest BCUT2D eigenvalue weighted by Gasteiger charge is 2.11. The number of rotatable bonds is 4. The summed E-state index contributed by atoms with van der Waals surface area (Å²) in [5.74, 6) is 0.906. The summed E-state index contributed by atoms with van der Waals surface area (Å²) >= 11 is 7.18. The lowest BCUT2D eigenvalue weighted by Gasteiger charge is -2.15. The average molecular weight is 414 g/mol. The number of anilines is 1. The predicted molar refractivity (Wildman–Crippen MR) is 94.2 cm³/mol. The Bertz CT molecular complexity index is 649. The van der Waals surface area contributed by atoms with Gasteiger partial charge < -0.3 is 10.1 Å². The summed E-state index contributed by atoms with van der Waals surface area (Å²) in [7, 11) is 1.69. The van der Waals surface area contributed by atoms with E-state index in [1.54, 1.807) is 7.11 Å². The summed E-state index contributed by atoms with van der Waals surface area (Å²) in [6, 6.07) is 4.17. The fourth-order valence-electron chi connectivity index (χ4n) is 2.29. The van der Waals surface area contributed by atoms with Crippen LogP contribution in [0.2, 0.25) is 0 Å². The van der Waals surface area contributed by atoms with Gasteiger partial charge in [0.1, 0.15) is 5.75 Å². The van der Waals surface area contributed by atoms with Gasteiger partial charge in [-0.15, -0.1) is 0 Å². The molecule has 5 heteroatoms. The quantitative estimate of drug-likeness (QED) is 0.752. The van der Waals surface area contributed by atoms with E-state index < -0.39 is 0 Å². The minimum atomic E-state index is 0.642. The normalized spacial score (nSPS) is 10.6. The van der Waals surface area contributed by atoms with Crippen molar-refractivity contribution in [3.05, 3.63) is 49.7 Å². The molecule has 112 valence electrons. The smallest absolute Gasteiger partial charge is 0.128 e. The van der Waals surface area contributed by atoms with Gasteiger partial charge in [-0.1, -0.05) is 0 Å². The lowest BCUT2D eigenvalue weighted by Crippen LogP contribution is -2.07. The zero-order chi connectivity index (χ0) is 15.6. The number of pyridine rings is 1. The van der Waals surface area contributed by atoms with Gasteiger partial charge in [-0.25, -0.2) is 0 Å². The molecule has 2 rings (SSSR count). The molecule has 3 nitrogen and oxygen atoms in total. The molecule has 0 spiro atoms. The maximum atomic E-state index is 5.45. The largest absolute Gasteiger partial charge is 0.496 e. The maximum Gasteiger partial charge on any atom is 0.128 e. The van der Waals surface area contributed by atoms with E-state index in [2.05, 4.69) is 61.2 Å². The summed E-state index contributed by atoms with van der Waals surface area (Å²) in [6.07, 6.45) is 1.85. The summed E-state index contributed by atoms with van der Waals surface area (Å²) in [5, 5.41) is 3.42. The second-order valence-corrected chi connectivity index (χ2v) is 6.71. The summed E-state index contributed by atoms with van der Waals surface area (Å²) in [6.45, 7) is 6.75. The molecule has 1 N–H and O–H groups in total. The first kappa shape index (κ1) is 16.3. The van der Waals surface area contributed by atoms with E-state index in [0.717, 1.165) is 37.2 Å². The molecule has 2 aromatic rings. The van der Waals surface area contributed by atoms with Crippen molar-refractivity contribution in [1.82, 2.24) is 4.98 Å². The van der Waals surface area contributed by atoms with E-state index in [0.29, 0.717) is 6.54 Å². The van der Waals surface area contributed by atoms with E-state index in [9.17, 15) is 0 Å². The second kappa shape index (κ2) is 6.79. The van der Waals surface area contributed by atoms with Gasteiger partial charge in [0.2, 0.25) is 0 Å². The van der Waals surface area contributed by atoms with Gasteiger partial charge in [-0.3, -0.25) is 4.98 Å². The molecule has 0 saturated heterocycles. The van der Waals surface area contributed by atoms with Crippen LogP contribution >= 0.6 is 31.9 Å². The third kappa shape index (κ3) is 3.58. The molecule has 0 aliphatic carbocycles. The van der Waals surface area contributed by atoms with Crippen molar-refractivity contribution in [1.29, 1.82) is 0 Å². The van der Waals surface area contributed by atoms with E-state index >= 15 is 0 Å². The van der Waals surface area contributed by atoms with E-state index in [4.69, 9.17) is 4.74 Å². The zero-order valence-electron chi connectivity index (χ0n) is 12.6. The zero-order valence-corrected chi connectivity index (χ0v) is 15.7. The van der Waals surface area contributed by atoms with Crippen LogP contribution in [0.3, 0.4) is 0 Å². The number of aromatic nitrogens is 1. The number of benzene rings is 1. The molecule has 0 aliphatic rings. The fraction of sp³-hybridized carbons (Fsp3) is 0.312. The van der Waals surface area contributed by atoms with E-state index in [1.807, 2.05) is 20.0 Å². The number of nitrogens with zero attached hydrogens (tertiary/aromatic N) is 1. The molecule has 1 heterocycles. The van der Waals surface area contributed by atoms with Gasteiger partial charge in [0, 0.05) is 26.3 Å². The van der Waals surface area contributed by atoms with Crippen LogP contribution in [0, 0.1) is 20.8 Å². The van der Waals surface area contributed by atoms with Crippen molar-refractivity contribution in [3.63, 3.8) is 0 Å². The molecule has 0 aliphatic heterocycles. The number of hydrogen-bond donors (Lipinski definition) is 1. The number of aryl methyl sites for hydroxylation is 2. The minimum Gasteiger partial charge on any atom is -0.496 e. The Kier molecular flexibility index (Phi) is 5.27. The molecule has 0 saturated carbocycles. The Morgan fingerprint density at radius 2 is 1.76 bits per heavy atom. The van der Waals surface area contributed by atoms with Gasteiger partial charge in [-0.2, -0.15) is 0 Å². The van der Waals surface area contributed by atoms with Crippen LogP contribution in [0.25, 0.3) is 0 Å². The average Bonchev–Trinajstić information content (AvgIpc) is 2.40. The van der Waals surface area contributed by atoms with E-state index in [1.165, 1.54) is 5.56 Å². The number of nitrogens with one attached hydrogen (secondary N) is 1. The third-order valence-electron chi connectivity index (χ3n) is 3.37. The first-order chi connectivity index (χ1) is 9.93. The Balaban J connectivity index is 2.25. The van der Waals surface area contributed by atoms with Crippen LogP contribution in [0.15, 0.2) is 27.3 Å². The Morgan fingerprint density at radius 1 is 1.14 bits per heavy atom. The van der Waals surface area contributed by atoms with E-state index in [-0.39, 0.29) is 0 Å². The predicted octanol–water partition coefficient (Wildman–Crippen LogP) is 5.15. The molecule has 0 amide bonds. The van der Waals surface area contributed by atoms with Gasteiger partial charge in [0.05, 0.1) is 25.0 Å². The topological polar surface area (TPSA) is 34.1 Å². The molecule has 0 fully saturated rings. The molecule has 0 atom stereocenters. The Labute approximate surface area is 142 Å². The molecule has 0 unspecified atom stereocenters. The molecular formula is C16H18Br2N2O. The lowest BCUT2D eigenvalue weighted by atomic mass is 10.1. The van der Waals surface area contributed by atoms with Crippen LogP contribution in [0.4, 0.5) is 5.69 Å². The molecule has 0 radical (unpaired) electrons. The highest BCUT2D eigenvalue weighted by molar-refractivity contribution is 9.11. The third-order valence-corrected chi connectivity index (χ3v) is 4.62. The van der Waals surface area contributed by atoms with Crippen LogP contribution in [0.5, 0.6) is 5.75 Å². The first-order valence-electron chi connectivity index (χ1n) is 6.62. The fourth-order valence-corrected chi connectivity index (χ4v) is 3.99.